The summed E-state index contributed by atoms with van der Waals surface area (Å²) in [4.78, 5) is 2.67. The van der Waals surface area contributed by atoms with Crippen molar-refractivity contribution in [1.82, 2.24) is 10.2 Å². The summed E-state index contributed by atoms with van der Waals surface area (Å²) in [5.41, 5.74) is 1.09. The maximum atomic E-state index is 3.93. The second kappa shape index (κ2) is 5.85. The van der Waals surface area contributed by atoms with Crippen molar-refractivity contribution in [2.75, 3.05) is 26.2 Å². The summed E-state index contributed by atoms with van der Waals surface area (Å²) in [5.74, 6) is 1.92. The second-order valence-electron chi connectivity index (χ2n) is 8.99. The molecule has 2 heteroatoms. The Morgan fingerprint density at radius 1 is 1.10 bits per heavy atom. The highest BCUT2D eigenvalue weighted by Gasteiger charge is 2.60. The molecule has 0 amide bonds. The van der Waals surface area contributed by atoms with Crippen molar-refractivity contribution in [2.24, 2.45) is 22.7 Å². The highest BCUT2D eigenvalue weighted by Crippen LogP contribution is 2.65. The van der Waals surface area contributed by atoms with Crippen molar-refractivity contribution >= 4 is 0 Å². The zero-order valence-electron chi connectivity index (χ0n) is 14.8. The van der Waals surface area contributed by atoms with Crippen molar-refractivity contribution in [1.29, 1.82) is 0 Å². The van der Waals surface area contributed by atoms with Gasteiger partial charge in [0.1, 0.15) is 0 Å². The average Bonchev–Trinajstić information content (AvgIpc) is 2.78. The maximum absolute atomic E-state index is 3.93. The van der Waals surface area contributed by atoms with Gasteiger partial charge in [-0.25, -0.2) is 0 Å². The molecule has 3 fully saturated rings. The van der Waals surface area contributed by atoms with Gasteiger partial charge in [0.05, 0.1) is 0 Å². The smallest absolute Gasteiger partial charge is 0.0129 e. The van der Waals surface area contributed by atoms with E-state index in [9.17, 15) is 0 Å². The molecule has 1 heterocycles. The van der Waals surface area contributed by atoms with Crippen LogP contribution in [-0.2, 0) is 0 Å². The van der Waals surface area contributed by atoms with Gasteiger partial charge in [0.15, 0.2) is 0 Å². The van der Waals surface area contributed by atoms with Crippen molar-refractivity contribution in [3.63, 3.8) is 0 Å². The van der Waals surface area contributed by atoms with Crippen molar-refractivity contribution in [3.05, 3.63) is 0 Å². The summed E-state index contributed by atoms with van der Waals surface area (Å²) in [6.45, 7) is 15.2. The molecule has 1 saturated heterocycles. The number of fused-ring (bicyclic) bond motifs is 2. The first-order chi connectivity index (χ1) is 9.93. The minimum atomic E-state index is 0.540. The monoisotopic (exact) mass is 292 g/mol. The zero-order chi connectivity index (χ0) is 15.1. The van der Waals surface area contributed by atoms with Crippen LogP contribution in [0.25, 0.3) is 0 Å². The average molecular weight is 293 g/mol. The molecule has 3 aliphatic rings. The van der Waals surface area contributed by atoms with Crippen molar-refractivity contribution in [3.8, 4) is 0 Å². The lowest BCUT2D eigenvalue weighted by atomic mass is 9.69. The Balaban J connectivity index is 1.39. The highest BCUT2D eigenvalue weighted by atomic mass is 15.1. The van der Waals surface area contributed by atoms with Crippen LogP contribution in [0.4, 0.5) is 0 Å². The largest absolute Gasteiger partial charge is 0.313 e. The van der Waals surface area contributed by atoms with Gasteiger partial charge >= 0.3 is 0 Å². The molecule has 3 unspecified atom stereocenters. The first kappa shape index (κ1) is 15.8. The normalized spacial score (nSPS) is 40.0. The Morgan fingerprint density at radius 3 is 2.38 bits per heavy atom. The van der Waals surface area contributed by atoms with E-state index in [0.717, 1.165) is 17.9 Å². The fourth-order valence-corrected chi connectivity index (χ4v) is 5.38. The zero-order valence-corrected chi connectivity index (χ0v) is 14.8. The molecular weight excluding hydrogens is 256 g/mol. The van der Waals surface area contributed by atoms with Crippen LogP contribution in [-0.4, -0.2) is 37.1 Å². The molecule has 0 spiro atoms. The number of nitrogens with one attached hydrogen (secondary N) is 1. The third-order valence-electron chi connectivity index (χ3n) is 7.71. The Morgan fingerprint density at radius 2 is 1.81 bits per heavy atom. The van der Waals surface area contributed by atoms with Crippen LogP contribution in [0.1, 0.15) is 66.2 Å². The second-order valence-corrected chi connectivity index (χ2v) is 8.99. The maximum Gasteiger partial charge on any atom is 0.0129 e. The molecule has 3 rings (SSSR count). The van der Waals surface area contributed by atoms with Crippen LogP contribution in [0, 0.1) is 22.7 Å². The van der Waals surface area contributed by atoms with E-state index in [0.29, 0.717) is 10.8 Å². The standard InChI is InChI=1S/C19H36N2/c1-15-7-12-21(13-8-15)11-5-10-20-17-14-16-6-9-19(17,4)18(16,2)3/h15-17,20H,5-14H2,1-4H3. The van der Waals surface area contributed by atoms with E-state index >= 15 is 0 Å². The lowest BCUT2D eigenvalue weighted by Crippen LogP contribution is -2.45. The highest BCUT2D eigenvalue weighted by molar-refractivity contribution is 5.12. The van der Waals surface area contributed by atoms with Crippen LogP contribution in [0.3, 0.4) is 0 Å². The number of hydrogen-bond acceptors (Lipinski definition) is 2. The van der Waals surface area contributed by atoms with E-state index in [4.69, 9.17) is 0 Å². The van der Waals surface area contributed by atoms with Gasteiger partial charge in [-0.3, -0.25) is 0 Å². The predicted molar refractivity (Wildman–Crippen MR) is 90.5 cm³/mol. The van der Waals surface area contributed by atoms with Gasteiger partial charge in [0, 0.05) is 6.04 Å². The molecule has 0 aromatic carbocycles. The van der Waals surface area contributed by atoms with Gasteiger partial charge in [-0.1, -0.05) is 27.7 Å². The fourth-order valence-electron chi connectivity index (χ4n) is 5.38. The molecule has 2 aliphatic carbocycles. The van der Waals surface area contributed by atoms with E-state index in [1.165, 1.54) is 64.7 Å². The Kier molecular flexibility index (Phi) is 4.40. The topological polar surface area (TPSA) is 15.3 Å². The lowest BCUT2D eigenvalue weighted by Gasteiger charge is -2.40. The van der Waals surface area contributed by atoms with Gasteiger partial charge < -0.3 is 10.2 Å². The summed E-state index contributed by atoms with van der Waals surface area (Å²) in [6, 6.07) is 0.771. The van der Waals surface area contributed by atoms with Crippen LogP contribution < -0.4 is 5.32 Å². The van der Waals surface area contributed by atoms with E-state index in [1.54, 1.807) is 0 Å². The Hall–Kier alpha value is -0.0800. The minimum absolute atomic E-state index is 0.540. The first-order valence-electron chi connectivity index (χ1n) is 9.39. The molecule has 2 nitrogen and oxygen atoms in total. The van der Waals surface area contributed by atoms with E-state index < -0.39 is 0 Å². The lowest BCUT2D eigenvalue weighted by molar-refractivity contribution is 0.120. The Bertz CT molecular complexity index is 357. The molecule has 21 heavy (non-hydrogen) atoms. The molecule has 0 aromatic heterocycles. The molecule has 1 aliphatic heterocycles. The van der Waals surface area contributed by atoms with Crippen molar-refractivity contribution in [2.45, 2.75) is 72.3 Å². The van der Waals surface area contributed by atoms with E-state index in [1.807, 2.05) is 0 Å². The van der Waals surface area contributed by atoms with Crippen LogP contribution >= 0.6 is 0 Å². The van der Waals surface area contributed by atoms with Crippen molar-refractivity contribution < 1.29 is 0 Å². The predicted octanol–water partition coefficient (Wildman–Crippen LogP) is 3.91. The third kappa shape index (κ3) is 2.79. The summed E-state index contributed by atoms with van der Waals surface area (Å²) < 4.78 is 0. The quantitative estimate of drug-likeness (QED) is 0.773. The van der Waals surface area contributed by atoms with Crippen LogP contribution in [0.15, 0.2) is 0 Å². The number of piperidine rings is 1. The van der Waals surface area contributed by atoms with E-state index in [2.05, 4.69) is 37.9 Å². The molecule has 2 bridgehead atoms. The molecular formula is C19H36N2. The summed E-state index contributed by atoms with van der Waals surface area (Å²) in [6.07, 6.45) is 8.46. The number of rotatable bonds is 5. The number of likely N-dealkylation sites (tertiary alicyclic amines) is 1. The summed E-state index contributed by atoms with van der Waals surface area (Å²) >= 11 is 0. The fraction of sp³-hybridized carbons (Fsp3) is 1.00. The molecule has 3 atom stereocenters. The first-order valence-corrected chi connectivity index (χ1v) is 9.39. The number of nitrogens with zero attached hydrogens (tertiary/aromatic N) is 1. The van der Waals surface area contributed by atoms with Gasteiger partial charge in [0.2, 0.25) is 0 Å². The van der Waals surface area contributed by atoms with E-state index in [-0.39, 0.29) is 0 Å². The molecule has 0 radical (unpaired) electrons. The molecule has 122 valence electrons. The van der Waals surface area contributed by atoms with Gasteiger partial charge in [-0.05, 0) is 87.4 Å². The minimum Gasteiger partial charge on any atom is -0.313 e. The SMILES string of the molecule is CC1CCN(CCCNC2CC3CCC2(C)C3(C)C)CC1. The van der Waals surface area contributed by atoms with Crippen LogP contribution in [0.2, 0.25) is 0 Å². The van der Waals surface area contributed by atoms with Gasteiger partial charge in [0.25, 0.3) is 0 Å². The number of hydrogen-bond donors (Lipinski definition) is 1. The summed E-state index contributed by atoms with van der Waals surface area (Å²) in [5, 5.41) is 3.93. The van der Waals surface area contributed by atoms with Crippen LogP contribution in [0.5, 0.6) is 0 Å². The van der Waals surface area contributed by atoms with Gasteiger partial charge in [-0.2, -0.15) is 0 Å². The molecule has 0 aromatic rings. The third-order valence-corrected chi connectivity index (χ3v) is 7.71. The van der Waals surface area contributed by atoms with Gasteiger partial charge in [-0.15, -0.1) is 0 Å². The summed E-state index contributed by atoms with van der Waals surface area (Å²) in [7, 11) is 0. The Labute approximate surface area is 132 Å². The molecule has 1 N–H and O–H groups in total. The molecule has 2 saturated carbocycles.